The van der Waals surface area contributed by atoms with Gasteiger partial charge in [0.25, 0.3) is 0 Å². The number of methoxy groups -OCH3 is 1. The Labute approximate surface area is 193 Å². The number of cyclic esters (lactones) is 1. The van der Waals surface area contributed by atoms with Crippen LogP contribution in [0.15, 0.2) is 23.0 Å². The van der Waals surface area contributed by atoms with Crippen LogP contribution in [0.4, 0.5) is 0 Å². The Morgan fingerprint density at radius 3 is 2.52 bits per heavy atom. The average molecular weight is 461 g/mol. The van der Waals surface area contributed by atoms with E-state index in [9.17, 15) is 19.2 Å². The molecule has 1 saturated heterocycles. The Kier molecular flexibility index (Phi) is 5.91. The van der Waals surface area contributed by atoms with Gasteiger partial charge in [0.05, 0.1) is 37.4 Å². The number of ketones is 1. The molecule has 7 atom stereocenters. The molecule has 33 heavy (non-hydrogen) atoms. The molecule has 0 amide bonds. The number of Topliss-reactive ketones (excluding diaryl/α,β-unsaturated/α-hetero) is 1. The van der Waals surface area contributed by atoms with Crippen LogP contribution in [0.5, 0.6) is 0 Å². The molecule has 0 spiro atoms. The Hall–Kier alpha value is -2.64. The van der Waals surface area contributed by atoms with E-state index in [2.05, 4.69) is 0 Å². The van der Waals surface area contributed by atoms with Crippen molar-refractivity contribution in [3.8, 4) is 0 Å². The van der Waals surface area contributed by atoms with Gasteiger partial charge in [-0.05, 0) is 36.2 Å². The van der Waals surface area contributed by atoms with E-state index in [1.165, 1.54) is 19.6 Å². The second-order valence-corrected chi connectivity index (χ2v) is 10.5. The smallest absolute Gasteiger partial charge is 0.310 e. The van der Waals surface area contributed by atoms with E-state index >= 15 is 0 Å². The number of carbonyl (C=O) groups is 4. The number of furan rings is 1. The van der Waals surface area contributed by atoms with Gasteiger partial charge in [0.1, 0.15) is 6.10 Å². The third-order valence-electron chi connectivity index (χ3n) is 8.23. The molecule has 2 heterocycles. The van der Waals surface area contributed by atoms with Gasteiger partial charge in [0.15, 0.2) is 11.9 Å². The maximum Gasteiger partial charge on any atom is 0.310 e. The van der Waals surface area contributed by atoms with Crippen LogP contribution in [-0.4, -0.2) is 36.9 Å². The highest BCUT2D eigenvalue weighted by Crippen LogP contribution is 2.65. The maximum atomic E-state index is 13.9. The van der Waals surface area contributed by atoms with E-state index in [4.69, 9.17) is 18.6 Å². The molecule has 1 aromatic rings. The number of ether oxygens (including phenoxy) is 3. The lowest BCUT2D eigenvalue weighted by Crippen LogP contribution is -2.64. The minimum absolute atomic E-state index is 0.0906. The van der Waals surface area contributed by atoms with Gasteiger partial charge < -0.3 is 18.6 Å². The van der Waals surface area contributed by atoms with Gasteiger partial charge >= 0.3 is 17.9 Å². The molecule has 0 N–H and O–H groups in total. The fourth-order valence-corrected chi connectivity index (χ4v) is 6.54. The predicted octanol–water partition coefficient (Wildman–Crippen LogP) is 3.64. The van der Waals surface area contributed by atoms with Crippen molar-refractivity contribution in [1.29, 1.82) is 0 Å². The highest BCUT2D eigenvalue weighted by Gasteiger charge is 2.67. The second-order valence-electron chi connectivity index (χ2n) is 10.5. The first-order valence-electron chi connectivity index (χ1n) is 11.6. The highest BCUT2D eigenvalue weighted by atomic mass is 16.6. The van der Waals surface area contributed by atoms with Crippen molar-refractivity contribution in [2.45, 2.75) is 65.6 Å². The number of hydrogen-bond acceptors (Lipinski definition) is 8. The zero-order chi connectivity index (χ0) is 24.1. The van der Waals surface area contributed by atoms with Gasteiger partial charge in [0.2, 0.25) is 0 Å². The van der Waals surface area contributed by atoms with Gasteiger partial charge in [-0.3, -0.25) is 19.2 Å². The van der Waals surface area contributed by atoms with Crippen LogP contribution < -0.4 is 0 Å². The first-order valence-corrected chi connectivity index (χ1v) is 11.6. The summed E-state index contributed by atoms with van der Waals surface area (Å²) >= 11 is 0. The normalized spacial score (nSPS) is 38.2. The SMILES string of the molecule is COC(=O)[C@@H]1C[C@H](OC(=O)C(C)C)C(=O)[C@H]2[C@@]1(C)CC[C@H]1C(=O)O[C@H](c3ccoc3)C[C@]21C. The number of fused-ring (bicyclic) bond motifs is 3. The van der Waals surface area contributed by atoms with E-state index in [1.54, 1.807) is 19.9 Å². The molecule has 0 radical (unpaired) electrons. The summed E-state index contributed by atoms with van der Waals surface area (Å²) in [4.78, 5) is 52.3. The van der Waals surface area contributed by atoms with Crippen molar-refractivity contribution < 1.29 is 37.8 Å². The Balaban J connectivity index is 1.78. The van der Waals surface area contributed by atoms with E-state index in [0.29, 0.717) is 19.3 Å². The van der Waals surface area contributed by atoms with E-state index < -0.39 is 58.6 Å². The molecule has 1 aromatic heterocycles. The second kappa shape index (κ2) is 8.29. The number of esters is 3. The zero-order valence-electron chi connectivity index (χ0n) is 19.8. The summed E-state index contributed by atoms with van der Waals surface area (Å²) in [5.74, 6) is -3.68. The molecule has 4 rings (SSSR count). The average Bonchev–Trinajstić information content (AvgIpc) is 3.29. The number of carbonyl (C=O) groups excluding carboxylic acids is 4. The minimum Gasteiger partial charge on any atom is -0.472 e. The topological polar surface area (TPSA) is 109 Å². The number of rotatable bonds is 4. The van der Waals surface area contributed by atoms with E-state index in [0.717, 1.165) is 5.56 Å². The van der Waals surface area contributed by atoms with E-state index in [1.807, 2.05) is 13.8 Å². The summed E-state index contributed by atoms with van der Waals surface area (Å²) in [6.07, 6.45) is 2.96. The molecule has 8 heteroatoms. The Bertz CT molecular complexity index is 950. The largest absolute Gasteiger partial charge is 0.472 e. The lowest BCUT2D eigenvalue weighted by molar-refractivity contribution is -0.211. The van der Waals surface area contributed by atoms with Crippen LogP contribution in [0.25, 0.3) is 0 Å². The number of hydrogen-bond donors (Lipinski definition) is 0. The van der Waals surface area contributed by atoms with Gasteiger partial charge in [-0.1, -0.05) is 27.7 Å². The summed E-state index contributed by atoms with van der Waals surface area (Å²) in [5.41, 5.74) is -0.781. The molecule has 0 bridgehead atoms. The first kappa shape index (κ1) is 23.5. The molecule has 8 nitrogen and oxygen atoms in total. The molecule has 0 unspecified atom stereocenters. The first-order chi connectivity index (χ1) is 15.5. The molecule has 0 aromatic carbocycles. The van der Waals surface area contributed by atoms with Crippen LogP contribution in [-0.2, 0) is 33.4 Å². The summed E-state index contributed by atoms with van der Waals surface area (Å²) in [6, 6.07) is 1.75. The molecule has 180 valence electrons. The summed E-state index contributed by atoms with van der Waals surface area (Å²) in [6.45, 7) is 7.27. The molecular formula is C25H32O8. The third-order valence-corrected chi connectivity index (χ3v) is 8.23. The molecule has 2 saturated carbocycles. The summed E-state index contributed by atoms with van der Waals surface area (Å²) in [7, 11) is 1.33. The van der Waals surface area contributed by atoms with Crippen LogP contribution >= 0.6 is 0 Å². The van der Waals surface area contributed by atoms with Crippen molar-refractivity contribution in [3.05, 3.63) is 24.2 Å². The minimum atomic E-state index is -1.05. The fraction of sp³-hybridized carbons (Fsp3) is 0.680. The summed E-state index contributed by atoms with van der Waals surface area (Å²) < 4.78 is 21.7. The molecular weight excluding hydrogens is 428 g/mol. The van der Waals surface area contributed by atoms with Crippen molar-refractivity contribution in [1.82, 2.24) is 0 Å². The molecule has 3 fully saturated rings. The van der Waals surface area contributed by atoms with Crippen molar-refractivity contribution in [2.75, 3.05) is 7.11 Å². The van der Waals surface area contributed by atoms with Crippen molar-refractivity contribution >= 4 is 23.7 Å². The lowest BCUT2D eigenvalue weighted by atomic mass is 9.43. The van der Waals surface area contributed by atoms with Gasteiger partial charge in [-0.25, -0.2) is 0 Å². The molecule has 2 aliphatic carbocycles. The lowest BCUT2D eigenvalue weighted by Gasteiger charge is -2.61. The Morgan fingerprint density at radius 2 is 1.91 bits per heavy atom. The predicted molar refractivity (Wildman–Crippen MR) is 114 cm³/mol. The van der Waals surface area contributed by atoms with Gasteiger partial charge in [0, 0.05) is 17.9 Å². The van der Waals surface area contributed by atoms with Crippen molar-refractivity contribution in [3.63, 3.8) is 0 Å². The van der Waals surface area contributed by atoms with Crippen LogP contribution in [0, 0.1) is 34.5 Å². The zero-order valence-corrected chi connectivity index (χ0v) is 19.8. The van der Waals surface area contributed by atoms with Gasteiger partial charge in [-0.2, -0.15) is 0 Å². The maximum absolute atomic E-state index is 13.9. The monoisotopic (exact) mass is 460 g/mol. The van der Waals surface area contributed by atoms with Crippen LogP contribution in [0.2, 0.25) is 0 Å². The van der Waals surface area contributed by atoms with Gasteiger partial charge in [-0.15, -0.1) is 0 Å². The third kappa shape index (κ3) is 3.67. The van der Waals surface area contributed by atoms with Crippen LogP contribution in [0.3, 0.4) is 0 Å². The standard InChI is InChI=1S/C25H32O8/c1-13(2)21(27)32-17-10-16(22(28)30-5)24(3)8-6-15-23(29)33-18(14-7-9-31-12-14)11-25(15,4)20(24)19(17)26/h7,9,12-13,15-18,20H,6,8,10-11H2,1-5H3/t15-,16-,17-,18-,20-,24-,25-/m0/s1. The summed E-state index contributed by atoms with van der Waals surface area (Å²) in [5, 5.41) is 0. The molecule has 3 aliphatic rings. The van der Waals surface area contributed by atoms with Crippen molar-refractivity contribution in [2.24, 2.45) is 34.5 Å². The fourth-order valence-electron chi connectivity index (χ4n) is 6.54. The Morgan fingerprint density at radius 1 is 1.18 bits per heavy atom. The molecule has 1 aliphatic heterocycles. The van der Waals surface area contributed by atoms with Crippen LogP contribution in [0.1, 0.15) is 65.0 Å². The highest BCUT2D eigenvalue weighted by molar-refractivity contribution is 5.93. The van der Waals surface area contributed by atoms with E-state index in [-0.39, 0.29) is 18.2 Å². The quantitative estimate of drug-likeness (QED) is 0.495.